The van der Waals surface area contributed by atoms with E-state index >= 15 is 0 Å². The van der Waals surface area contributed by atoms with Gasteiger partial charge in [0.15, 0.2) is 5.78 Å². The molecule has 0 heterocycles. The van der Waals surface area contributed by atoms with Crippen LogP contribution in [0.5, 0.6) is 0 Å². The number of amides is 1. The Hall–Kier alpha value is -3.76. The van der Waals surface area contributed by atoms with Crippen LogP contribution in [0.3, 0.4) is 0 Å². The van der Waals surface area contributed by atoms with Gasteiger partial charge in [-0.2, -0.15) is 11.8 Å². The summed E-state index contributed by atoms with van der Waals surface area (Å²) in [6, 6.07) is 30.5. The van der Waals surface area contributed by atoms with Crippen molar-refractivity contribution in [2.75, 3.05) is 16.9 Å². The number of carboxylic acids is 1. The van der Waals surface area contributed by atoms with Crippen LogP contribution < -0.4 is 29.1 Å². The minimum absolute atomic E-state index is 0. The van der Waals surface area contributed by atoms with Gasteiger partial charge in [0, 0.05) is 29.9 Å². The summed E-state index contributed by atoms with van der Waals surface area (Å²) < 4.78 is 0. The van der Waals surface area contributed by atoms with Crippen LogP contribution in [0.1, 0.15) is 52.2 Å². The molecule has 4 rings (SSSR count). The molecule has 0 aliphatic rings. The Kier molecular flexibility index (Phi) is 12.7. The number of carbonyl (C=O) groups excluding carboxylic acids is 2. The van der Waals surface area contributed by atoms with E-state index in [1.807, 2.05) is 92.0 Å². The maximum atomic E-state index is 13.5. The first-order valence-corrected chi connectivity index (χ1v) is 15.3. The van der Waals surface area contributed by atoms with Gasteiger partial charge in [-0.3, -0.25) is 9.59 Å². The van der Waals surface area contributed by atoms with Crippen molar-refractivity contribution in [1.29, 1.82) is 0 Å². The quantitative estimate of drug-likeness (QED) is 0.181. The maximum absolute atomic E-state index is 13.5. The molecule has 0 radical (unpaired) electrons. The average molecular weight is 589 g/mol. The van der Waals surface area contributed by atoms with E-state index < -0.39 is 17.9 Å². The first-order chi connectivity index (χ1) is 20.3. The fraction of sp³-hybridized carbons (Fsp3) is 0.229. The summed E-state index contributed by atoms with van der Waals surface area (Å²) in [5.41, 5.74) is 6.89. The van der Waals surface area contributed by atoms with Gasteiger partial charge in [-0.1, -0.05) is 60.7 Å². The molecule has 43 heavy (non-hydrogen) atoms. The number of hydrogen-bond donors (Lipinski definition) is 2. The van der Waals surface area contributed by atoms with E-state index in [0.29, 0.717) is 36.4 Å². The standard InChI is InChI=1S/C35H36N2O4S.Li.H/c1-24-9-7-8-12-30(24)32-21-27(13-18-31(32)34(39)36-33(35(40)41)19-20-42-3)23-37(22-26-10-5-4-6-11-26)29-16-14-28(15-17-29)25(2)38;;/h4-18,21,33H,19-20,22-23H2,1-3H3,(H,36,39)(H,40,41);;/q;+1;-1/t33-;;/m0../s1. The second kappa shape index (κ2) is 16.2. The Morgan fingerprint density at radius 2 is 1.51 bits per heavy atom. The Balaban J connectivity index is 0.00000337. The minimum atomic E-state index is -1.04. The van der Waals surface area contributed by atoms with Crippen molar-refractivity contribution in [1.82, 2.24) is 5.32 Å². The number of rotatable bonds is 13. The number of hydrogen-bond acceptors (Lipinski definition) is 5. The zero-order valence-electron chi connectivity index (χ0n) is 26.2. The first-order valence-electron chi connectivity index (χ1n) is 13.9. The number of Topliss-reactive ketones (excluding diaryl/α,β-unsaturated/α-hetero) is 1. The van der Waals surface area contributed by atoms with Crippen molar-refractivity contribution in [3.8, 4) is 11.1 Å². The second-order valence-corrected chi connectivity index (χ2v) is 11.3. The van der Waals surface area contributed by atoms with Crippen molar-refractivity contribution >= 4 is 35.1 Å². The molecule has 0 aliphatic heterocycles. The number of nitrogens with zero attached hydrogens (tertiary/aromatic N) is 1. The number of anilines is 1. The van der Waals surface area contributed by atoms with Crippen molar-refractivity contribution in [2.24, 2.45) is 0 Å². The molecule has 0 saturated carbocycles. The Bertz CT molecular complexity index is 1550. The molecule has 4 aromatic carbocycles. The Morgan fingerprint density at radius 3 is 2.14 bits per heavy atom. The van der Waals surface area contributed by atoms with Crippen LogP contribution >= 0.6 is 11.8 Å². The van der Waals surface area contributed by atoms with E-state index in [9.17, 15) is 19.5 Å². The number of ketones is 1. The molecule has 0 aromatic heterocycles. The summed E-state index contributed by atoms with van der Waals surface area (Å²) in [5.74, 6) is -0.801. The average Bonchev–Trinajstić information content (AvgIpc) is 2.99. The predicted molar refractivity (Wildman–Crippen MR) is 172 cm³/mol. The molecular weight excluding hydrogens is 551 g/mol. The second-order valence-electron chi connectivity index (χ2n) is 10.3. The topological polar surface area (TPSA) is 86.7 Å². The summed E-state index contributed by atoms with van der Waals surface area (Å²) in [5, 5.41) is 12.4. The van der Waals surface area contributed by atoms with E-state index in [0.717, 1.165) is 33.5 Å². The van der Waals surface area contributed by atoms with Gasteiger partial charge in [0.05, 0.1) is 0 Å². The molecule has 0 saturated heterocycles. The van der Waals surface area contributed by atoms with Gasteiger partial charge in [0.25, 0.3) is 5.91 Å². The molecule has 0 bridgehead atoms. The zero-order chi connectivity index (χ0) is 30.1. The van der Waals surface area contributed by atoms with Gasteiger partial charge in [0.2, 0.25) is 0 Å². The summed E-state index contributed by atoms with van der Waals surface area (Å²) >= 11 is 1.54. The molecule has 218 valence electrons. The molecule has 0 fully saturated rings. The van der Waals surface area contributed by atoms with E-state index in [4.69, 9.17) is 0 Å². The third-order valence-corrected chi connectivity index (χ3v) is 7.85. The first kappa shape index (κ1) is 33.7. The Morgan fingerprint density at radius 1 is 0.860 bits per heavy atom. The van der Waals surface area contributed by atoms with E-state index in [-0.39, 0.29) is 26.1 Å². The molecule has 0 aliphatic carbocycles. The molecule has 1 atom stereocenters. The molecular formula is C35H37LiN2O4S. The maximum Gasteiger partial charge on any atom is 1.00 e. The van der Waals surface area contributed by atoms with Gasteiger partial charge in [-0.05, 0) is 96.5 Å². The van der Waals surface area contributed by atoms with Crippen LogP contribution in [-0.4, -0.2) is 40.8 Å². The van der Waals surface area contributed by atoms with Crippen molar-refractivity contribution in [3.63, 3.8) is 0 Å². The van der Waals surface area contributed by atoms with Crippen molar-refractivity contribution < 1.29 is 39.8 Å². The normalized spacial score (nSPS) is 11.2. The number of nitrogens with one attached hydrogen (secondary N) is 1. The van der Waals surface area contributed by atoms with Gasteiger partial charge >= 0.3 is 24.8 Å². The van der Waals surface area contributed by atoms with E-state index in [1.165, 1.54) is 0 Å². The SMILES string of the molecule is CSCC[C@H](NC(=O)c1ccc(CN(Cc2ccccc2)c2ccc(C(C)=O)cc2)cc1-c1ccccc1C)C(=O)O.[H-].[Li+]. The molecule has 4 aromatic rings. The van der Waals surface area contributed by atoms with Crippen LogP contribution in [0.25, 0.3) is 11.1 Å². The molecule has 8 heteroatoms. The fourth-order valence-electron chi connectivity index (χ4n) is 4.88. The van der Waals surface area contributed by atoms with E-state index in [1.54, 1.807) is 24.8 Å². The predicted octanol–water partition coefficient (Wildman–Crippen LogP) is 4.12. The van der Waals surface area contributed by atoms with Gasteiger partial charge < -0.3 is 16.7 Å². The van der Waals surface area contributed by atoms with Crippen LogP contribution in [0, 0.1) is 6.92 Å². The number of benzene rings is 4. The molecule has 6 nitrogen and oxygen atoms in total. The summed E-state index contributed by atoms with van der Waals surface area (Å²) in [7, 11) is 0. The summed E-state index contributed by atoms with van der Waals surface area (Å²) in [6.07, 6.45) is 2.26. The zero-order valence-corrected chi connectivity index (χ0v) is 26.0. The number of thioether (sulfide) groups is 1. The van der Waals surface area contributed by atoms with Gasteiger partial charge in [0.1, 0.15) is 6.04 Å². The van der Waals surface area contributed by atoms with E-state index in [2.05, 4.69) is 22.3 Å². The molecule has 0 unspecified atom stereocenters. The number of carbonyl (C=O) groups is 3. The van der Waals surface area contributed by atoms with Crippen LogP contribution in [0.2, 0.25) is 0 Å². The third-order valence-electron chi connectivity index (χ3n) is 7.21. The van der Waals surface area contributed by atoms with Crippen LogP contribution in [0.4, 0.5) is 5.69 Å². The minimum Gasteiger partial charge on any atom is -1.00 e. The monoisotopic (exact) mass is 588 g/mol. The van der Waals surface area contributed by atoms with Crippen molar-refractivity contribution in [3.05, 3.63) is 125 Å². The third kappa shape index (κ3) is 9.11. The van der Waals surface area contributed by atoms with Crippen molar-refractivity contribution in [2.45, 2.75) is 39.4 Å². The molecule has 2 N–H and O–H groups in total. The van der Waals surface area contributed by atoms with Gasteiger partial charge in [-0.15, -0.1) is 0 Å². The van der Waals surface area contributed by atoms with Gasteiger partial charge in [-0.25, -0.2) is 4.79 Å². The van der Waals surface area contributed by atoms with Crippen LogP contribution in [-0.2, 0) is 17.9 Å². The number of aliphatic carboxylic acids is 1. The number of aryl methyl sites for hydroxylation is 1. The van der Waals surface area contributed by atoms with Crippen LogP contribution in [0.15, 0.2) is 97.1 Å². The largest absolute Gasteiger partial charge is 1.00 e. The smallest absolute Gasteiger partial charge is 1.00 e. The summed E-state index contributed by atoms with van der Waals surface area (Å²) in [6.45, 7) is 4.77. The molecule has 0 spiro atoms. The Labute approximate surface area is 271 Å². The molecule has 1 amide bonds. The summed E-state index contributed by atoms with van der Waals surface area (Å²) in [4.78, 5) is 39.4. The number of carboxylic acid groups (broad SMARTS) is 1. The fourth-order valence-corrected chi connectivity index (χ4v) is 5.36.